The van der Waals surface area contributed by atoms with E-state index >= 15 is 0 Å². The fraction of sp³-hybridized carbons (Fsp3) is 0.455. The van der Waals surface area contributed by atoms with Gasteiger partial charge < -0.3 is 19.7 Å². The first-order chi connectivity index (χ1) is 9.15. The number of ether oxygens (including phenoxy) is 1. The van der Waals surface area contributed by atoms with Gasteiger partial charge in [-0.25, -0.2) is 9.50 Å². The van der Waals surface area contributed by atoms with Crippen LogP contribution < -0.4 is 10.4 Å². The Morgan fingerprint density at radius 3 is 2.74 bits per heavy atom. The van der Waals surface area contributed by atoms with Gasteiger partial charge in [-0.2, -0.15) is 5.10 Å². The summed E-state index contributed by atoms with van der Waals surface area (Å²) in [6, 6.07) is 1.75. The molecule has 2 N–H and O–H groups in total. The van der Waals surface area contributed by atoms with Crippen LogP contribution in [-0.4, -0.2) is 58.1 Å². The Morgan fingerprint density at radius 1 is 1.32 bits per heavy atom. The molecule has 8 heteroatoms. The van der Waals surface area contributed by atoms with Gasteiger partial charge >= 0.3 is 7.12 Å². The van der Waals surface area contributed by atoms with Crippen molar-refractivity contribution < 1.29 is 14.8 Å². The summed E-state index contributed by atoms with van der Waals surface area (Å²) in [6.07, 6.45) is 1.59. The Morgan fingerprint density at radius 2 is 2.05 bits per heavy atom. The maximum atomic E-state index is 9.36. The second-order valence-electron chi connectivity index (χ2n) is 4.56. The van der Waals surface area contributed by atoms with E-state index in [1.54, 1.807) is 16.8 Å². The summed E-state index contributed by atoms with van der Waals surface area (Å²) in [4.78, 5) is 6.52. The molecule has 0 spiro atoms. The average molecular weight is 262 g/mol. The number of hydrogen-bond acceptors (Lipinski definition) is 6. The number of hydrogen-bond donors (Lipinski definition) is 2. The molecule has 0 bridgehead atoms. The van der Waals surface area contributed by atoms with Crippen molar-refractivity contribution in [3.63, 3.8) is 0 Å². The fourth-order valence-electron chi connectivity index (χ4n) is 2.27. The van der Waals surface area contributed by atoms with Crippen molar-refractivity contribution in [3.8, 4) is 0 Å². The van der Waals surface area contributed by atoms with Crippen LogP contribution in [0.4, 0.5) is 5.69 Å². The van der Waals surface area contributed by atoms with E-state index in [2.05, 4.69) is 15.0 Å². The lowest BCUT2D eigenvalue weighted by molar-refractivity contribution is 0.123. The Hall–Kier alpha value is -1.64. The van der Waals surface area contributed by atoms with Gasteiger partial charge in [0.2, 0.25) is 0 Å². The summed E-state index contributed by atoms with van der Waals surface area (Å²) in [5.41, 5.74) is 1.98. The smallest absolute Gasteiger partial charge is 0.423 e. The van der Waals surface area contributed by atoms with Gasteiger partial charge in [0.1, 0.15) is 5.82 Å². The van der Waals surface area contributed by atoms with Gasteiger partial charge in [0.05, 0.1) is 18.9 Å². The molecule has 0 radical (unpaired) electrons. The van der Waals surface area contributed by atoms with Crippen molar-refractivity contribution >= 4 is 23.9 Å². The molecule has 1 aliphatic rings. The highest BCUT2D eigenvalue weighted by Crippen LogP contribution is 2.20. The summed E-state index contributed by atoms with van der Waals surface area (Å²) in [6.45, 7) is 4.64. The van der Waals surface area contributed by atoms with Gasteiger partial charge in [0, 0.05) is 24.7 Å². The SMILES string of the molecule is Cc1nc2c(N3CCOCC3)cc(B(O)O)cn2n1. The molecule has 0 atom stereocenters. The molecular formula is C11H15BN4O3. The van der Waals surface area contributed by atoms with E-state index in [0.29, 0.717) is 24.5 Å². The van der Waals surface area contributed by atoms with E-state index in [1.165, 1.54) is 0 Å². The molecule has 3 rings (SSSR count). The maximum absolute atomic E-state index is 9.36. The predicted octanol–water partition coefficient (Wildman–Crippen LogP) is -1.45. The van der Waals surface area contributed by atoms with Crippen LogP contribution >= 0.6 is 0 Å². The molecule has 0 amide bonds. The van der Waals surface area contributed by atoms with Gasteiger partial charge in [-0.3, -0.25) is 0 Å². The third-order valence-electron chi connectivity index (χ3n) is 3.19. The highest BCUT2D eigenvalue weighted by Gasteiger charge is 2.21. The number of aromatic nitrogens is 3. The zero-order valence-electron chi connectivity index (χ0n) is 10.7. The molecule has 0 unspecified atom stereocenters. The summed E-state index contributed by atoms with van der Waals surface area (Å²) in [5.74, 6) is 0.652. The van der Waals surface area contributed by atoms with Crippen LogP contribution in [0.2, 0.25) is 0 Å². The second-order valence-corrected chi connectivity index (χ2v) is 4.56. The average Bonchev–Trinajstić information content (AvgIpc) is 2.78. The Kier molecular flexibility index (Phi) is 3.13. The minimum absolute atomic E-state index is 0.402. The standard InChI is InChI=1S/C11H15BN4O3/c1-8-13-11-10(15-2-4-19-5-3-15)6-9(12(17)18)7-16(11)14-8/h6-7,17-18H,2-5H2,1H3. The largest absolute Gasteiger partial charge is 0.490 e. The molecule has 0 saturated carbocycles. The van der Waals surface area contributed by atoms with Crippen molar-refractivity contribution in [1.82, 2.24) is 14.6 Å². The topological polar surface area (TPSA) is 83.1 Å². The van der Waals surface area contributed by atoms with Crippen molar-refractivity contribution in [3.05, 3.63) is 18.1 Å². The number of nitrogens with zero attached hydrogens (tertiary/aromatic N) is 4. The molecule has 0 aliphatic carbocycles. The number of fused-ring (bicyclic) bond motifs is 1. The van der Waals surface area contributed by atoms with Gasteiger partial charge in [-0.1, -0.05) is 0 Å². The summed E-state index contributed by atoms with van der Waals surface area (Å²) >= 11 is 0. The minimum Gasteiger partial charge on any atom is -0.423 e. The van der Waals surface area contributed by atoms with Crippen LogP contribution in [0.1, 0.15) is 5.82 Å². The number of rotatable bonds is 2. The molecule has 1 aliphatic heterocycles. The monoisotopic (exact) mass is 262 g/mol. The lowest BCUT2D eigenvalue weighted by Crippen LogP contribution is -2.38. The molecule has 3 heterocycles. The number of anilines is 1. The Labute approximate surface area is 110 Å². The fourth-order valence-corrected chi connectivity index (χ4v) is 2.27. The Balaban J connectivity index is 2.13. The minimum atomic E-state index is -1.52. The van der Waals surface area contributed by atoms with E-state index in [0.717, 1.165) is 24.4 Å². The van der Waals surface area contributed by atoms with Crippen LogP contribution in [-0.2, 0) is 4.74 Å². The summed E-state index contributed by atoms with van der Waals surface area (Å²) < 4.78 is 6.93. The van der Waals surface area contributed by atoms with Crippen molar-refractivity contribution in [2.24, 2.45) is 0 Å². The highest BCUT2D eigenvalue weighted by molar-refractivity contribution is 6.58. The van der Waals surface area contributed by atoms with E-state index in [-0.39, 0.29) is 0 Å². The quantitative estimate of drug-likeness (QED) is 0.644. The molecule has 1 fully saturated rings. The number of morpholine rings is 1. The zero-order chi connectivity index (χ0) is 13.4. The molecule has 0 aromatic carbocycles. The van der Waals surface area contributed by atoms with E-state index in [4.69, 9.17) is 4.74 Å². The van der Waals surface area contributed by atoms with E-state index in [9.17, 15) is 10.0 Å². The summed E-state index contributed by atoms with van der Waals surface area (Å²) in [5, 5.41) is 23.0. The van der Waals surface area contributed by atoms with Gasteiger partial charge in [-0.05, 0) is 13.0 Å². The second kappa shape index (κ2) is 4.80. The van der Waals surface area contributed by atoms with Crippen LogP contribution in [0.5, 0.6) is 0 Å². The normalized spacial score (nSPS) is 16.1. The summed E-state index contributed by atoms with van der Waals surface area (Å²) in [7, 11) is -1.52. The molecule has 1 saturated heterocycles. The van der Waals surface area contributed by atoms with E-state index < -0.39 is 7.12 Å². The molecule has 19 heavy (non-hydrogen) atoms. The van der Waals surface area contributed by atoms with Gasteiger partial charge in [0.25, 0.3) is 0 Å². The predicted molar refractivity (Wildman–Crippen MR) is 70.6 cm³/mol. The molecule has 100 valence electrons. The van der Waals surface area contributed by atoms with Crippen LogP contribution in [0.15, 0.2) is 12.3 Å². The van der Waals surface area contributed by atoms with Crippen LogP contribution in [0.25, 0.3) is 5.65 Å². The van der Waals surface area contributed by atoms with Gasteiger partial charge in [-0.15, -0.1) is 0 Å². The van der Waals surface area contributed by atoms with Crippen LogP contribution in [0, 0.1) is 6.92 Å². The first-order valence-electron chi connectivity index (χ1n) is 6.21. The Bertz CT molecular complexity index is 595. The lowest BCUT2D eigenvalue weighted by Gasteiger charge is -2.29. The van der Waals surface area contributed by atoms with Crippen molar-refractivity contribution in [1.29, 1.82) is 0 Å². The van der Waals surface area contributed by atoms with E-state index in [1.807, 2.05) is 6.92 Å². The zero-order valence-corrected chi connectivity index (χ0v) is 10.7. The highest BCUT2D eigenvalue weighted by atomic mass is 16.5. The number of aryl methyl sites for hydroxylation is 1. The first kappa shape index (κ1) is 12.4. The third kappa shape index (κ3) is 2.29. The van der Waals surface area contributed by atoms with Crippen molar-refractivity contribution in [2.75, 3.05) is 31.2 Å². The maximum Gasteiger partial charge on any atom is 0.490 e. The van der Waals surface area contributed by atoms with Gasteiger partial charge in [0.15, 0.2) is 5.65 Å². The van der Waals surface area contributed by atoms with Crippen LogP contribution in [0.3, 0.4) is 0 Å². The number of pyridine rings is 1. The lowest BCUT2D eigenvalue weighted by atomic mass is 9.81. The molecule has 7 nitrogen and oxygen atoms in total. The first-order valence-corrected chi connectivity index (χ1v) is 6.21. The molecular weight excluding hydrogens is 247 g/mol. The van der Waals surface area contributed by atoms with Crippen molar-refractivity contribution in [2.45, 2.75) is 6.92 Å². The third-order valence-corrected chi connectivity index (χ3v) is 3.19. The molecule has 2 aromatic heterocycles. The molecule has 2 aromatic rings.